The van der Waals surface area contributed by atoms with Gasteiger partial charge in [0.2, 0.25) is 0 Å². The fourth-order valence-corrected chi connectivity index (χ4v) is 1.89. The molecule has 2 rings (SSSR count). The molecule has 1 fully saturated rings. The number of benzene rings is 1. The predicted octanol–water partition coefficient (Wildman–Crippen LogP) is 2.04. The van der Waals surface area contributed by atoms with E-state index in [2.05, 4.69) is 22.5 Å². The number of hydrogen-bond acceptors (Lipinski definition) is 3. The maximum absolute atomic E-state index is 5.69. The summed E-state index contributed by atoms with van der Waals surface area (Å²) in [5.41, 5.74) is 0. The molecule has 0 aliphatic heterocycles. The Balaban J connectivity index is 1.69. The van der Waals surface area contributed by atoms with Gasteiger partial charge in [0, 0.05) is 19.2 Å². The van der Waals surface area contributed by atoms with Gasteiger partial charge in [0.15, 0.2) is 5.96 Å². The van der Waals surface area contributed by atoms with Gasteiger partial charge < -0.3 is 20.1 Å². The van der Waals surface area contributed by atoms with Crippen molar-refractivity contribution in [2.45, 2.75) is 19.8 Å². The van der Waals surface area contributed by atoms with Gasteiger partial charge in [0.05, 0.1) is 13.7 Å². The van der Waals surface area contributed by atoms with Crippen molar-refractivity contribution < 1.29 is 9.47 Å². The van der Waals surface area contributed by atoms with Gasteiger partial charge >= 0.3 is 0 Å². The van der Waals surface area contributed by atoms with Crippen molar-refractivity contribution in [1.29, 1.82) is 0 Å². The molecule has 0 unspecified atom stereocenters. The first-order chi connectivity index (χ1) is 10.3. The molecular weight excluding hydrogens is 266 g/mol. The van der Waals surface area contributed by atoms with Crippen LogP contribution in [0.5, 0.6) is 11.5 Å². The van der Waals surface area contributed by atoms with Crippen LogP contribution in [0.3, 0.4) is 0 Å². The van der Waals surface area contributed by atoms with Gasteiger partial charge in [-0.15, -0.1) is 0 Å². The van der Waals surface area contributed by atoms with Crippen LogP contribution in [0.1, 0.15) is 19.8 Å². The van der Waals surface area contributed by atoms with E-state index in [0.29, 0.717) is 13.2 Å². The molecule has 0 saturated heterocycles. The fourth-order valence-electron chi connectivity index (χ4n) is 1.89. The summed E-state index contributed by atoms with van der Waals surface area (Å²) in [6.07, 6.45) is 2.64. The number of ether oxygens (including phenoxy) is 2. The van der Waals surface area contributed by atoms with Crippen molar-refractivity contribution in [3.8, 4) is 11.5 Å². The molecule has 0 radical (unpaired) electrons. The molecule has 0 amide bonds. The van der Waals surface area contributed by atoms with Crippen LogP contribution in [0.15, 0.2) is 29.3 Å². The molecule has 116 valence electrons. The average molecular weight is 291 g/mol. The first-order valence-electron chi connectivity index (χ1n) is 7.61. The molecule has 1 aliphatic carbocycles. The highest BCUT2D eigenvalue weighted by atomic mass is 16.5. The Bertz CT molecular complexity index is 459. The summed E-state index contributed by atoms with van der Waals surface area (Å²) < 4.78 is 10.9. The van der Waals surface area contributed by atoms with Crippen LogP contribution in [0, 0.1) is 5.92 Å². The highest BCUT2D eigenvalue weighted by molar-refractivity contribution is 5.79. The molecule has 0 heterocycles. The van der Waals surface area contributed by atoms with Crippen LogP contribution in [-0.2, 0) is 0 Å². The normalized spacial score (nSPS) is 14.7. The van der Waals surface area contributed by atoms with Crippen molar-refractivity contribution in [3.63, 3.8) is 0 Å². The van der Waals surface area contributed by atoms with Gasteiger partial charge in [-0.25, -0.2) is 0 Å². The number of hydrogen-bond donors (Lipinski definition) is 2. The van der Waals surface area contributed by atoms with E-state index in [1.165, 1.54) is 12.8 Å². The van der Waals surface area contributed by atoms with E-state index >= 15 is 0 Å². The maximum Gasteiger partial charge on any atom is 0.191 e. The highest BCUT2D eigenvalue weighted by Gasteiger charge is 2.20. The summed E-state index contributed by atoms with van der Waals surface area (Å²) in [7, 11) is 1.65. The number of rotatable bonds is 8. The van der Waals surface area contributed by atoms with E-state index in [-0.39, 0.29) is 0 Å². The van der Waals surface area contributed by atoms with E-state index < -0.39 is 0 Å². The summed E-state index contributed by atoms with van der Waals surface area (Å²) in [6.45, 7) is 5.16. The first-order valence-corrected chi connectivity index (χ1v) is 7.61. The molecule has 0 spiro atoms. The average Bonchev–Trinajstić information content (AvgIpc) is 3.33. The molecule has 1 aliphatic rings. The quantitative estimate of drug-likeness (QED) is 0.437. The van der Waals surface area contributed by atoms with Crippen LogP contribution in [0.25, 0.3) is 0 Å². The number of nitrogens with one attached hydrogen (secondary N) is 2. The molecule has 0 atom stereocenters. The zero-order chi connectivity index (χ0) is 14.9. The topological polar surface area (TPSA) is 54.9 Å². The van der Waals surface area contributed by atoms with Crippen molar-refractivity contribution in [3.05, 3.63) is 24.3 Å². The summed E-state index contributed by atoms with van der Waals surface area (Å²) >= 11 is 0. The predicted molar refractivity (Wildman–Crippen MR) is 85.2 cm³/mol. The highest BCUT2D eigenvalue weighted by Crippen LogP contribution is 2.28. The second-order valence-electron chi connectivity index (χ2n) is 5.12. The lowest BCUT2D eigenvalue weighted by Gasteiger charge is -2.12. The molecule has 0 aromatic heterocycles. The number of aliphatic imine (C=N–C) groups is 1. The standard InChI is InChI=1S/C16H25N3O2/c1-3-17-16(19-12-13-7-8-13)18-9-10-21-15-6-4-5-14(11-15)20-2/h4-6,11,13H,3,7-10,12H2,1-2H3,(H2,17,18,19). The molecule has 2 N–H and O–H groups in total. The van der Waals surface area contributed by atoms with Crippen LogP contribution in [0.2, 0.25) is 0 Å². The molecule has 5 nitrogen and oxygen atoms in total. The molecule has 5 heteroatoms. The Hall–Kier alpha value is -1.91. The zero-order valence-corrected chi connectivity index (χ0v) is 12.9. The third kappa shape index (κ3) is 5.94. The van der Waals surface area contributed by atoms with E-state index in [4.69, 9.17) is 9.47 Å². The molecule has 0 bridgehead atoms. The Labute approximate surface area is 126 Å². The lowest BCUT2D eigenvalue weighted by atomic mass is 10.3. The molecular formula is C16H25N3O2. The minimum absolute atomic E-state index is 0.584. The van der Waals surface area contributed by atoms with Gasteiger partial charge in [0.25, 0.3) is 0 Å². The number of nitrogens with zero attached hydrogens (tertiary/aromatic N) is 1. The summed E-state index contributed by atoms with van der Waals surface area (Å²) in [5, 5.41) is 6.53. The lowest BCUT2D eigenvalue weighted by molar-refractivity contribution is 0.319. The van der Waals surface area contributed by atoms with Gasteiger partial charge in [0.1, 0.15) is 18.1 Å². The van der Waals surface area contributed by atoms with Crippen molar-refractivity contribution >= 4 is 5.96 Å². The van der Waals surface area contributed by atoms with E-state index in [1.807, 2.05) is 24.3 Å². The smallest absolute Gasteiger partial charge is 0.191 e. The van der Waals surface area contributed by atoms with Crippen molar-refractivity contribution in [2.75, 3.05) is 33.4 Å². The van der Waals surface area contributed by atoms with Crippen molar-refractivity contribution in [1.82, 2.24) is 10.6 Å². The van der Waals surface area contributed by atoms with Gasteiger partial charge in [-0.1, -0.05) is 6.07 Å². The number of methoxy groups -OCH3 is 1. The first kappa shape index (κ1) is 15.5. The van der Waals surface area contributed by atoms with Crippen LogP contribution >= 0.6 is 0 Å². The maximum atomic E-state index is 5.69. The summed E-state index contributed by atoms with van der Waals surface area (Å²) in [5.74, 6) is 3.29. The van der Waals surface area contributed by atoms with E-state index in [9.17, 15) is 0 Å². The van der Waals surface area contributed by atoms with Crippen LogP contribution < -0.4 is 20.1 Å². The van der Waals surface area contributed by atoms with Gasteiger partial charge in [-0.2, -0.15) is 0 Å². The molecule has 1 aromatic carbocycles. The minimum atomic E-state index is 0.584. The lowest BCUT2D eigenvalue weighted by Crippen LogP contribution is -2.39. The Morgan fingerprint density at radius 2 is 2.10 bits per heavy atom. The Kier molecular flexibility index (Phi) is 6.19. The van der Waals surface area contributed by atoms with E-state index in [1.54, 1.807) is 7.11 Å². The SMILES string of the molecule is CCNC(=NCC1CC1)NCCOc1cccc(OC)c1. The van der Waals surface area contributed by atoms with Crippen LogP contribution in [-0.4, -0.2) is 39.3 Å². The van der Waals surface area contributed by atoms with E-state index in [0.717, 1.165) is 36.5 Å². The summed E-state index contributed by atoms with van der Waals surface area (Å²) in [6, 6.07) is 7.63. The third-order valence-electron chi connectivity index (χ3n) is 3.25. The molecule has 1 saturated carbocycles. The third-order valence-corrected chi connectivity index (χ3v) is 3.25. The second-order valence-corrected chi connectivity index (χ2v) is 5.12. The Morgan fingerprint density at radius 1 is 1.29 bits per heavy atom. The second kappa shape index (κ2) is 8.39. The monoisotopic (exact) mass is 291 g/mol. The zero-order valence-electron chi connectivity index (χ0n) is 12.9. The summed E-state index contributed by atoms with van der Waals surface area (Å²) in [4.78, 5) is 4.57. The fraction of sp³-hybridized carbons (Fsp3) is 0.562. The molecule has 21 heavy (non-hydrogen) atoms. The van der Waals surface area contributed by atoms with Crippen LogP contribution in [0.4, 0.5) is 0 Å². The van der Waals surface area contributed by atoms with Crippen molar-refractivity contribution in [2.24, 2.45) is 10.9 Å². The molecule has 1 aromatic rings. The number of guanidine groups is 1. The minimum Gasteiger partial charge on any atom is -0.497 e. The van der Waals surface area contributed by atoms with Gasteiger partial charge in [-0.3, -0.25) is 4.99 Å². The largest absolute Gasteiger partial charge is 0.497 e. The van der Waals surface area contributed by atoms with Gasteiger partial charge in [-0.05, 0) is 37.8 Å². The Morgan fingerprint density at radius 3 is 2.81 bits per heavy atom.